The normalized spacial score (nSPS) is 10.8. The number of fused-ring (bicyclic) bond motifs is 1. The number of nitrogens with zero attached hydrogens (tertiary/aromatic N) is 2. The maximum Gasteiger partial charge on any atom is 0.234 e. The predicted octanol–water partition coefficient (Wildman–Crippen LogP) is 4.53. The lowest BCUT2D eigenvalue weighted by molar-refractivity contribution is -0.113. The zero-order valence-electron chi connectivity index (χ0n) is 12.5. The van der Waals surface area contributed by atoms with E-state index in [0.717, 1.165) is 31.0 Å². The Morgan fingerprint density at radius 2 is 2.17 bits per heavy atom. The second-order valence-corrected chi connectivity index (χ2v) is 8.14. The zero-order chi connectivity index (χ0) is 16.1. The first-order chi connectivity index (χ1) is 11.2. The Bertz CT molecular complexity index is 805. The molecule has 0 radical (unpaired) electrons. The number of benzene rings is 1. The third kappa shape index (κ3) is 4.46. The molecule has 1 aromatic carbocycles. The van der Waals surface area contributed by atoms with Gasteiger partial charge in [-0.05, 0) is 36.1 Å². The summed E-state index contributed by atoms with van der Waals surface area (Å²) in [5, 5.41) is 3.78. The number of anilines is 1. The standard InChI is InChI=1S/C16H15N3OS3/c1-2-21-16-19-12-7-6-11(9-13(12)23-16)18-14(20)10-22-15-5-3-4-8-17-15/h3-9H,2,10H2,1H3,(H,18,20). The van der Waals surface area contributed by atoms with Crippen LogP contribution < -0.4 is 5.32 Å². The van der Waals surface area contributed by atoms with Crippen molar-refractivity contribution >= 4 is 56.7 Å². The molecule has 0 fully saturated rings. The lowest BCUT2D eigenvalue weighted by atomic mass is 10.3. The van der Waals surface area contributed by atoms with Gasteiger partial charge >= 0.3 is 0 Å². The number of hydrogen-bond acceptors (Lipinski definition) is 6. The largest absolute Gasteiger partial charge is 0.325 e. The van der Waals surface area contributed by atoms with Crippen molar-refractivity contribution in [2.24, 2.45) is 0 Å². The molecule has 3 aromatic rings. The van der Waals surface area contributed by atoms with E-state index in [-0.39, 0.29) is 5.91 Å². The van der Waals surface area contributed by atoms with Crippen LogP contribution in [-0.2, 0) is 4.79 Å². The molecule has 0 unspecified atom stereocenters. The van der Waals surface area contributed by atoms with Gasteiger partial charge in [-0.25, -0.2) is 9.97 Å². The number of carbonyl (C=O) groups is 1. The Labute approximate surface area is 147 Å². The fraction of sp³-hybridized carbons (Fsp3) is 0.188. The highest BCUT2D eigenvalue weighted by atomic mass is 32.2. The van der Waals surface area contributed by atoms with Gasteiger partial charge in [0.15, 0.2) is 4.34 Å². The van der Waals surface area contributed by atoms with E-state index in [1.54, 1.807) is 29.3 Å². The molecular weight excluding hydrogens is 346 g/mol. The highest BCUT2D eigenvalue weighted by Gasteiger charge is 2.08. The highest BCUT2D eigenvalue weighted by Crippen LogP contribution is 2.31. The van der Waals surface area contributed by atoms with Gasteiger partial charge in [0.1, 0.15) is 0 Å². The second kappa shape index (κ2) is 7.81. The van der Waals surface area contributed by atoms with Gasteiger partial charge in [0.25, 0.3) is 0 Å². The Morgan fingerprint density at radius 3 is 2.96 bits per heavy atom. The van der Waals surface area contributed by atoms with Crippen LogP contribution in [0.15, 0.2) is 52.0 Å². The van der Waals surface area contributed by atoms with Crippen LogP contribution in [0.25, 0.3) is 10.2 Å². The maximum atomic E-state index is 12.1. The number of thiazole rings is 1. The molecule has 0 aliphatic rings. The first-order valence-electron chi connectivity index (χ1n) is 7.11. The van der Waals surface area contributed by atoms with Gasteiger partial charge in [-0.1, -0.05) is 36.5 Å². The van der Waals surface area contributed by atoms with E-state index in [4.69, 9.17) is 0 Å². The third-order valence-corrected chi connectivity index (χ3v) is 5.90. The van der Waals surface area contributed by atoms with Crippen molar-refractivity contribution in [1.82, 2.24) is 9.97 Å². The predicted molar refractivity (Wildman–Crippen MR) is 99.6 cm³/mol. The molecule has 3 rings (SSSR count). The van der Waals surface area contributed by atoms with E-state index < -0.39 is 0 Å². The van der Waals surface area contributed by atoms with Crippen molar-refractivity contribution in [1.29, 1.82) is 0 Å². The molecule has 7 heteroatoms. The average Bonchev–Trinajstić information content (AvgIpc) is 2.96. The smallest absolute Gasteiger partial charge is 0.234 e. The van der Waals surface area contributed by atoms with Gasteiger partial charge in [0, 0.05) is 11.9 Å². The Hall–Kier alpha value is -1.57. The molecule has 0 aliphatic carbocycles. The van der Waals surface area contributed by atoms with Crippen molar-refractivity contribution < 1.29 is 4.79 Å². The molecule has 2 aromatic heterocycles. The molecule has 0 saturated heterocycles. The van der Waals surface area contributed by atoms with Crippen LogP contribution in [0.4, 0.5) is 5.69 Å². The van der Waals surface area contributed by atoms with Gasteiger partial charge in [0.2, 0.25) is 5.91 Å². The Balaban J connectivity index is 1.62. The third-order valence-electron chi connectivity index (χ3n) is 2.91. The SMILES string of the molecule is CCSc1nc2ccc(NC(=O)CSc3ccccn3)cc2s1. The summed E-state index contributed by atoms with van der Waals surface area (Å²) in [7, 11) is 0. The van der Waals surface area contributed by atoms with E-state index in [1.165, 1.54) is 11.8 Å². The molecule has 0 atom stereocenters. The fourth-order valence-electron chi connectivity index (χ4n) is 1.94. The van der Waals surface area contributed by atoms with Crippen molar-refractivity contribution in [2.45, 2.75) is 16.3 Å². The number of carbonyl (C=O) groups excluding carboxylic acids is 1. The summed E-state index contributed by atoms with van der Waals surface area (Å²) >= 11 is 4.82. The fourth-order valence-corrected chi connectivity index (χ4v) is 4.60. The van der Waals surface area contributed by atoms with Crippen LogP contribution in [-0.4, -0.2) is 27.4 Å². The minimum atomic E-state index is -0.0346. The molecule has 118 valence electrons. The number of amides is 1. The Morgan fingerprint density at radius 1 is 1.26 bits per heavy atom. The molecule has 0 saturated carbocycles. The van der Waals surface area contributed by atoms with Crippen LogP contribution in [0.2, 0.25) is 0 Å². The van der Waals surface area contributed by atoms with Crippen LogP contribution >= 0.6 is 34.9 Å². The number of aromatic nitrogens is 2. The molecule has 23 heavy (non-hydrogen) atoms. The average molecular weight is 362 g/mol. The number of thioether (sulfide) groups is 2. The number of pyridine rings is 1. The molecule has 0 bridgehead atoms. The summed E-state index contributed by atoms with van der Waals surface area (Å²) in [5.41, 5.74) is 1.78. The van der Waals surface area contributed by atoms with E-state index in [2.05, 4.69) is 22.2 Å². The Kier molecular flexibility index (Phi) is 5.53. The minimum Gasteiger partial charge on any atom is -0.325 e. The van der Waals surface area contributed by atoms with E-state index in [1.807, 2.05) is 36.4 Å². The molecule has 1 amide bonds. The molecular formula is C16H15N3OS3. The van der Waals surface area contributed by atoms with Crippen molar-refractivity contribution in [3.05, 3.63) is 42.6 Å². The number of hydrogen-bond donors (Lipinski definition) is 1. The maximum absolute atomic E-state index is 12.1. The lowest BCUT2D eigenvalue weighted by Gasteiger charge is -2.04. The summed E-state index contributed by atoms with van der Waals surface area (Å²) in [4.78, 5) is 20.8. The molecule has 0 spiro atoms. The van der Waals surface area contributed by atoms with Crippen molar-refractivity contribution in [3.63, 3.8) is 0 Å². The summed E-state index contributed by atoms with van der Waals surface area (Å²) in [6.07, 6.45) is 1.73. The van der Waals surface area contributed by atoms with Gasteiger partial charge in [-0.2, -0.15) is 0 Å². The first kappa shape index (κ1) is 16.3. The minimum absolute atomic E-state index is 0.0346. The van der Waals surface area contributed by atoms with E-state index in [9.17, 15) is 4.79 Å². The quantitative estimate of drug-likeness (QED) is 0.654. The van der Waals surface area contributed by atoms with Gasteiger partial charge in [-0.15, -0.1) is 11.3 Å². The van der Waals surface area contributed by atoms with Crippen LogP contribution in [0.1, 0.15) is 6.92 Å². The second-order valence-electron chi connectivity index (χ2n) is 4.60. The van der Waals surface area contributed by atoms with Crippen LogP contribution in [0, 0.1) is 0 Å². The summed E-state index contributed by atoms with van der Waals surface area (Å²) in [5.74, 6) is 1.32. The summed E-state index contributed by atoms with van der Waals surface area (Å²) in [6.45, 7) is 2.11. The topological polar surface area (TPSA) is 54.9 Å². The number of rotatable bonds is 6. The first-order valence-corrected chi connectivity index (χ1v) is 9.90. The van der Waals surface area contributed by atoms with E-state index >= 15 is 0 Å². The zero-order valence-corrected chi connectivity index (χ0v) is 14.9. The monoisotopic (exact) mass is 361 g/mol. The molecule has 0 aliphatic heterocycles. The van der Waals surface area contributed by atoms with Crippen LogP contribution in [0.5, 0.6) is 0 Å². The van der Waals surface area contributed by atoms with Gasteiger partial charge in [0.05, 0.1) is 21.0 Å². The summed E-state index contributed by atoms with van der Waals surface area (Å²) < 4.78 is 2.16. The van der Waals surface area contributed by atoms with Crippen molar-refractivity contribution in [3.8, 4) is 0 Å². The lowest BCUT2D eigenvalue weighted by Crippen LogP contribution is -2.13. The number of nitrogens with one attached hydrogen (secondary N) is 1. The molecule has 4 nitrogen and oxygen atoms in total. The van der Waals surface area contributed by atoms with Crippen LogP contribution in [0.3, 0.4) is 0 Å². The van der Waals surface area contributed by atoms with Gasteiger partial charge in [-0.3, -0.25) is 4.79 Å². The molecule has 2 heterocycles. The highest BCUT2D eigenvalue weighted by molar-refractivity contribution is 8.01. The summed E-state index contributed by atoms with van der Waals surface area (Å²) in [6, 6.07) is 11.5. The van der Waals surface area contributed by atoms with Gasteiger partial charge < -0.3 is 5.32 Å². The van der Waals surface area contributed by atoms with E-state index in [0.29, 0.717) is 5.75 Å². The molecule has 1 N–H and O–H groups in total. The van der Waals surface area contributed by atoms with Crippen molar-refractivity contribution in [2.75, 3.05) is 16.8 Å².